The average Bonchev–Trinajstić information content (AvgIpc) is 3.46. The van der Waals surface area contributed by atoms with Gasteiger partial charge in [0, 0.05) is 44.7 Å². The Bertz CT molecular complexity index is 1640. The minimum atomic E-state index is -0.354. The minimum absolute atomic E-state index is 0.191. The smallest absolute Gasteiger partial charge is 0.338 e. The number of hydrogen-bond donors (Lipinski definition) is 2. The predicted molar refractivity (Wildman–Crippen MR) is 149 cm³/mol. The van der Waals surface area contributed by atoms with Crippen LogP contribution in [-0.4, -0.2) is 60.0 Å². The number of hydrogen-bond acceptors (Lipinski definition) is 6. The number of rotatable bonds is 9. The Morgan fingerprint density at radius 3 is 2.18 bits per heavy atom. The molecule has 0 radical (unpaired) electrons. The summed E-state index contributed by atoms with van der Waals surface area (Å²) < 4.78 is 23.3. The molecule has 0 amide bonds. The van der Waals surface area contributed by atoms with E-state index in [9.17, 15) is 4.79 Å². The van der Waals surface area contributed by atoms with E-state index in [1.807, 2.05) is 32.0 Å². The van der Waals surface area contributed by atoms with Crippen LogP contribution in [0.2, 0.25) is 0 Å². The first-order valence-electron chi connectivity index (χ1n) is 13.4. The molecule has 0 aliphatic carbocycles. The number of aromatic nitrogens is 2. The zero-order chi connectivity index (χ0) is 26.4. The van der Waals surface area contributed by atoms with Gasteiger partial charge in [-0.1, -0.05) is 19.9 Å². The Morgan fingerprint density at radius 1 is 0.895 bits per heavy atom. The lowest BCUT2D eigenvalue weighted by molar-refractivity contribution is -0.382. The monoisotopic (exact) mass is 515 g/mol. The van der Waals surface area contributed by atoms with Gasteiger partial charge in [-0.3, -0.25) is 0 Å². The number of H-pyrrole nitrogens is 2. The third-order valence-corrected chi connectivity index (χ3v) is 7.41. The van der Waals surface area contributed by atoms with Crippen molar-refractivity contribution in [3.63, 3.8) is 0 Å². The molecule has 3 aromatic carbocycles. The average molecular weight is 516 g/mol. The molecule has 0 unspecified atom stereocenters. The molecule has 2 N–H and O–H groups in total. The van der Waals surface area contributed by atoms with Gasteiger partial charge in [-0.2, -0.15) is 0 Å². The van der Waals surface area contributed by atoms with Gasteiger partial charge < -0.3 is 33.8 Å². The van der Waals surface area contributed by atoms with Crippen molar-refractivity contribution in [3.8, 4) is 5.75 Å². The summed E-state index contributed by atoms with van der Waals surface area (Å²) in [5.41, 5.74) is 5.28. The lowest BCUT2D eigenvalue weighted by atomic mass is 10.0. The Labute approximate surface area is 220 Å². The first kappa shape index (κ1) is 24.7. The molecule has 2 aromatic heterocycles. The minimum Gasteiger partial charge on any atom is -0.488 e. The van der Waals surface area contributed by atoms with Crippen LogP contribution >= 0.6 is 0 Å². The summed E-state index contributed by atoms with van der Waals surface area (Å²) in [6.45, 7) is 11.7. The van der Waals surface area contributed by atoms with Crippen LogP contribution in [-0.2, 0) is 14.2 Å². The van der Waals surface area contributed by atoms with E-state index in [1.165, 1.54) is 0 Å². The van der Waals surface area contributed by atoms with Crippen molar-refractivity contribution in [1.82, 2.24) is 14.9 Å². The van der Waals surface area contributed by atoms with Gasteiger partial charge in [0.2, 0.25) is 0 Å². The molecule has 1 aliphatic heterocycles. The quantitative estimate of drug-likeness (QED) is 0.226. The Balaban J connectivity index is 1.53. The lowest BCUT2D eigenvalue weighted by Gasteiger charge is -2.33. The van der Waals surface area contributed by atoms with Gasteiger partial charge in [-0.25, -0.2) is 4.79 Å². The first-order chi connectivity index (χ1) is 18.5. The summed E-state index contributed by atoms with van der Waals surface area (Å²) in [5, 5.41) is 4.05. The topological polar surface area (TPSA) is 88.8 Å². The molecule has 8 heteroatoms. The summed E-state index contributed by atoms with van der Waals surface area (Å²) in [6.07, 6.45) is -0.544. The number of ether oxygens (including phenoxy) is 4. The molecule has 0 saturated carbocycles. The van der Waals surface area contributed by atoms with Crippen molar-refractivity contribution in [2.45, 2.75) is 40.3 Å². The Kier molecular flexibility index (Phi) is 6.47. The second-order valence-corrected chi connectivity index (χ2v) is 9.63. The van der Waals surface area contributed by atoms with E-state index in [2.05, 4.69) is 46.9 Å². The van der Waals surface area contributed by atoms with Crippen LogP contribution in [0, 0.1) is 0 Å². The number of nitrogens with zero attached hydrogens (tertiary/aromatic N) is 1. The van der Waals surface area contributed by atoms with Gasteiger partial charge in [-0.15, -0.1) is 0 Å². The van der Waals surface area contributed by atoms with Crippen LogP contribution in [0.3, 0.4) is 0 Å². The highest BCUT2D eigenvalue weighted by molar-refractivity contribution is 6.21. The summed E-state index contributed by atoms with van der Waals surface area (Å²) in [6, 6.07) is 14.0. The van der Waals surface area contributed by atoms with E-state index in [-0.39, 0.29) is 18.5 Å². The van der Waals surface area contributed by atoms with Crippen LogP contribution < -0.4 is 4.74 Å². The third-order valence-electron chi connectivity index (χ3n) is 7.41. The molecule has 5 aromatic rings. The SMILES string of the molecule is CCOC(=O)c1ccc2[nH]c3c(OCCN(CC)CC)c4[nH]c5ccc(C6OC(C)O6)cc5c4cc3c2c1. The number of carbonyl (C=O) groups is 1. The summed E-state index contributed by atoms with van der Waals surface area (Å²) in [5.74, 6) is 0.452. The van der Waals surface area contributed by atoms with Crippen molar-refractivity contribution >= 4 is 49.6 Å². The molecule has 0 bridgehead atoms. The summed E-state index contributed by atoms with van der Waals surface area (Å²) in [4.78, 5) is 22.0. The second kappa shape index (κ2) is 9.94. The highest BCUT2D eigenvalue weighted by atomic mass is 16.9. The molecule has 1 saturated heterocycles. The van der Waals surface area contributed by atoms with Crippen molar-refractivity contribution < 1.29 is 23.7 Å². The van der Waals surface area contributed by atoms with Crippen molar-refractivity contribution in [3.05, 3.63) is 53.6 Å². The largest absolute Gasteiger partial charge is 0.488 e. The molecule has 3 heterocycles. The molecular formula is C30H33N3O5. The molecule has 0 atom stereocenters. The maximum atomic E-state index is 12.5. The standard InChI is InChI=1S/C30H33N3O5/c1-5-33(6-2)12-13-36-28-26-22(20-14-18(29(34)35-7-3)8-10-24(20)31-26)16-23-21-15-19(30-37-17(4)38-30)9-11-25(21)32-27(23)28/h8-11,14-17,30-32H,5-7,12-13H2,1-4H3. The first-order valence-corrected chi connectivity index (χ1v) is 13.4. The Morgan fingerprint density at radius 2 is 1.55 bits per heavy atom. The number of aromatic amines is 2. The molecule has 8 nitrogen and oxygen atoms in total. The zero-order valence-corrected chi connectivity index (χ0v) is 22.2. The van der Waals surface area contributed by atoms with E-state index in [4.69, 9.17) is 18.9 Å². The maximum absolute atomic E-state index is 12.5. The lowest BCUT2D eigenvalue weighted by Crippen LogP contribution is -2.31. The molecule has 1 fully saturated rings. The van der Waals surface area contributed by atoms with Gasteiger partial charge in [0.1, 0.15) is 6.61 Å². The van der Waals surface area contributed by atoms with Gasteiger partial charge in [0.25, 0.3) is 0 Å². The number of nitrogens with one attached hydrogen (secondary N) is 2. The van der Waals surface area contributed by atoms with E-state index in [1.54, 1.807) is 6.07 Å². The molecule has 38 heavy (non-hydrogen) atoms. The number of likely N-dealkylation sites (N-methyl/N-ethyl adjacent to an activating group) is 1. The number of esters is 1. The Hall–Kier alpha value is -3.59. The fourth-order valence-electron chi connectivity index (χ4n) is 5.33. The fourth-order valence-corrected chi connectivity index (χ4v) is 5.33. The van der Waals surface area contributed by atoms with Crippen LogP contribution in [0.25, 0.3) is 43.6 Å². The summed E-state index contributed by atoms with van der Waals surface area (Å²) in [7, 11) is 0. The summed E-state index contributed by atoms with van der Waals surface area (Å²) >= 11 is 0. The van der Waals surface area contributed by atoms with Crippen molar-refractivity contribution in [1.29, 1.82) is 0 Å². The van der Waals surface area contributed by atoms with E-state index < -0.39 is 0 Å². The van der Waals surface area contributed by atoms with Crippen LogP contribution in [0.1, 0.15) is 49.9 Å². The predicted octanol–water partition coefficient (Wildman–Crippen LogP) is 6.24. The van der Waals surface area contributed by atoms with E-state index >= 15 is 0 Å². The molecule has 0 spiro atoms. The van der Waals surface area contributed by atoms with E-state index in [0.29, 0.717) is 18.8 Å². The normalized spacial score (nSPS) is 17.6. The zero-order valence-electron chi connectivity index (χ0n) is 22.2. The van der Waals surface area contributed by atoms with Crippen LogP contribution in [0.15, 0.2) is 42.5 Å². The molecule has 1 aliphatic rings. The fraction of sp³-hybridized carbons (Fsp3) is 0.367. The van der Waals surface area contributed by atoms with Gasteiger partial charge in [0.05, 0.1) is 23.2 Å². The van der Waals surface area contributed by atoms with E-state index in [0.717, 1.165) is 74.6 Å². The van der Waals surface area contributed by atoms with Gasteiger partial charge >= 0.3 is 5.97 Å². The third kappa shape index (κ3) is 4.18. The highest BCUT2D eigenvalue weighted by Crippen LogP contribution is 2.42. The molecule has 198 valence electrons. The molecular weight excluding hydrogens is 482 g/mol. The van der Waals surface area contributed by atoms with Gasteiger partial charge in [0.15, 0.2) is 18.3 Å². The maximum Gasteiger partial charge on any atom is 0.338 e. The second-order valence-electron chi connectivity index (χ2n) is 9.63. The number of carbonyl (C=O) groups excluding carboxylic acids is 1. The van der Waals surface area contributed by atoms with Crippen molar-refractivity contribution in [2.75, 3.05) is 32.8 Å². The van der Waals surface area contributed by atoms with Gasteiger partial charge in [-0.05, 0) is 63.3 Å². The van der Waals surface area contributed by atoms with Crippen molar-refractivity contribution in [2.24, 2.45) is 0 Å². The number of benzene rings is 3. The number of fused-ring (bicyclic) bond motifs is 6. The van der Waals surface area contributed by atoms with Crippen LogP contribution in [0.4, 0.5) is 0 Å². The highest BCUT2D eigenvalue weighted by Gasteiger charge is 2.29. The van der Waals surface area contributed by atoms with Crippen LogP contribution in [0.5, 0.6) is 5.75 Å². The molecule has 6 rings (SSSR count).